The lowest BCUT2D eigenvalue weighted by Gasteiger charge is -2.06. The van der Waals surface area contributed by atoms with Crippen LogP contribution in [0.2, 0.25) is 0 Å². The summed E-state index contributed by atoms with van der Waals surface area (Å²) in [6.07, 6.45) is 0.940. The molecule has 0 saturated heterocycles. The molecular weight excluding hydrogens is 342 g/mol. The molecule has 7 heteroatoms. The van der Waals surface area contributed by atoms with E-state index in [1.54, 1.807) is 6.07 Å². The minimum atomic E-state index is -0.879. The van der Waals surface area contributed by atoms with Crippen LogP contribution in [0.4, 0.5) is 14.7 Å². The Morgan fingerprint density at radius 1 is 1.15 bits per heavy atom. The van der Waals surface area contributed by atoms with Crippen molar-refractivity contribution in [1.82, 2.24) is 5.16 Å². The van der Waals surface area contributed by atoms with Crippen molar-refractivity contribution in [3.63, 3.8) is 0 Å². The molecule has 0 unspecified atom stereocenters. The molecule has 0 aliphatic rings. The largest absolute Gasteiger partial charge is 0.481 e. The summed E-state index contributed by atoms with van der Waals surface area (Å²) in [5, 5.41) is 6.37. The van der Waals surface area contributed by atoms with Crippen LogP contribution in [0.1, 0.15) is 12.5 Å². The van der Waals surface area contributed by atoms with Gasteiger partial charge in [0.15, 0.2) is 18.2 Å². The third-order valence-corrected chi connectivity index (χ3v) is 3.68. The Morgan fingerprint density at radius 2 is 1.92 bits per heavy atom. The third kappa shape index (κ3) is 4.24. The van der Waals surface area contributed by atoms with E-state index in [1.165, 1.54) is 5.56 Å². The minimum absolute atomic E-state index is 0.146. The smallest absolute Gasteiger partial charge is 0.264 e. The molecule has 0 saturated carbocycles. The third-order valence-electron chi connectivity index (χ3n) is 3.68. The fourth-order valence-corrected chi connectivity index (χ4v) is 2.29. The average molecular weight is 358 g/mol. The first-order chi connectivity index (χ1) is 12.5. The molecule has 2 aromatic carbocycles. The summed E-state index contributed by atoms with van der Waals surface area (Å²) in [4.78, 5) is 11.9. The molecule has 26 heavy (non-hydrogen) atoms. The molecule has 1 N–H and O–H groups in total. The van der Waals surface area contributed by atoms with Crippen molar-refractivity contribution >= 4 is 11.8 Å². The highest BCUT2D eigenvalue weighted by Gasteiger charge is 2.12. The summed E-state index contributed by atoms with van der Waals surface area (Å²) >= 11 is 0. The van der Waals surface area contributed by atoms with Crippen LogP contribution in [0.15, 0.2) is 53.1 Å². The number of nitrogens with zero attached hydrogens (tertiary/aromatic N) is 1. The van der Waals surface area contributed by atoms with E-state index in [0.717, 1.165) is 24.1 Å². The van der Waals surface area contributed by atoms with Crippen molar-refractivity contribution in [2.45, 2.75) is 13.3 Å². The number of hydrogen-bond acceptors (Lipinski definition) is 4. The highest BCUT2D eigenvalue weighted by Crippen LogP contribution is 2.22. The van der Waals surface area contributed by atoms with Crippen molar-refractivity contribution in [1.29, 1.82) is 0 Å². The molecule has 0 aliphatic heterocycles. The normalized spacial score (nSPS) is 10.6. The van der Waals surface area contributed by atoms with Crippen molar-refractivity contribution in [2.75, 3.05) is 11.9 Å². The van der Waals surface area contributed by atoms with Gasteiger partial charge in [-0.2, -0.15) is 0 Å². The Labute approximate surface area is 148 Å². The van der Waals surface area contributed by atoms with Crippen molar-refractivity contribution < 1.29 is 22.8 Å². The average Bonchev–Trinajstić information content (AvgIpc) is 3.09. The molecule has 134 valence electrons. The molecule has 0 aliphatic carbocycles. The van der Waals surface area contributed by atoms with Crippen molar-refractivity contribution in [2.24, 2.45) is 0 Å². The van der Waals surface area contributed by atoms with Crippen LogP contribution >= 0.6 is 0 Å². The maximum absolute atomic E-state index is 13.4. The molecule has 1 aromatic heterocycles. The zero-order chi connectivity index (χ0) is 18.5. The Balaban J connectivity index is 1.58. The lowest BCUT2D eigenvalue weighted by molar-refractivity contribution is -0.118. The van der Waals surface area contributed by atoms with Gasteiger partial charge in [-0.25, -0.2) is 8.78 Å². The van der Waals surface area contributed by atoms with Gasteiger partial charge in [0.05, 0.1) is 0 Å². The number of anilines is 1. The van der Waals surface area contributed by atoms with E-state index in [1.807, 2.05) is 24.3 Å². The first-order valence-electron chi connectivity index (χ1n) is 7.99. The van der Waals surface area contributed by atoms with E-state index < -0.39 is 24.1 Å². The van der Waals surface area contributed by atoms with Crippen LogP contribution in [0, 0.1) is 11.6 Å². The van der Waals surface area contributed by atoms with Gasteiger partial charge >= 0.3 is 0 Å². The number of nitrogens with one attached hydrogen (secondary N) is 1. The summed E-state index contributed by atoms with van der Waals surface area (Å²) in [6.45, 7) is 1.61. The second kappa shape index (κ2) is 7.77. The highest BCUT2D eigenvalue weighted by molar-refractivity contribution is 5.91. The van der Waals surface area contributed by atoms with E-state index in [-0.39, 0.29) is 11.6 Å². The zero-order valence-corrected chi connectivity index (χ0v) is 14.0. The summed E-state index contributed by atoms with van der Waals surface area (Å²) < 4.78 is 36.4. The molecule has 0 bridgehead atoms. The monoisotopic (exact) mass is 358 g/mol. The van der Waals surface area contributed by atoms with Gasteiger partial charge in [-0.05, 0) is 24.1 Å². The van der Waals surface area contributed by atoms with E-state index in [4.69, 9.17) is 9.26 Å². The summed E-state index contributed by atoms with van der Waals surface area (Å²) in [5.41, 5.74) is 2.64. The van der Waals surface area contributed by atoms with Gasteiger partial charge in [-0.3, -0.25) is 10.1 Å². The number of ether oxygens (including phenoxy) is 1. The lowest BCUT2D eigenvalue weighted by Crippen LogP contribution is -2.20. The van der Waals surface area contributed by atoms with Gasteiger partial charge in [-0.1, -0.05) is 36.3 Å². The summed E-state index contributed by atoms with van der Waals surface area (Å²) in [5.74, 6) is -2.22. The molecule has 5 nitrogen and oxygen atoms in total. The number of benzene rings is 2. The van der Waals surface area contributed by atoms with Gasteiger partial charge < -0.3 is 9.26 Å². The maximum Gasteiger partial charge on any atom is 0.264 e. The first kappa shape index (κ1) is 17.6. The van der Waals surface area contributed by atoms with Gasteiger partial charge in [0, 0.05) is 17.7 Å². The molecule has 3 rings (SSSR count). The number of halogens is 2. The fourth-order valence-electron chi connectivity index (χ4n) is 2.29. The van der Waals surface area contributed by atoms with E-state index >= 15 is 0 Å². The van der Waals surface area contributed by atoms with Crippen LogP contribution in [-0.4, -0.2) is 17.7 Å². The van der Waals surface area contributed by atoms with Gasteiger partial charge in [0.1, 0.15) is 11.5 Å². The summed E-state index contributed by atoms with van der Waals surface area (Å²) in [7, 11) is 0. The van der Waals surface area contributed by atoms with Crippen LogP contribution < -0.4 is 10.1 Å². The highest BCUT2D eigenvalue weighted by atomic mass is 19.1. The number of carbonyl (C=O) groups excluding carboxylic acids is 1. The SMILES string of the molecule is CCc1ccc(-c2cc(NC(=O)COc3ccc(F)cc3F)on2)cc1. The molecule has 0 atom stereocenters. The van der Waals surface area contributed by atoms with Gasteiger partial charge in [0.2, 0.25) is 5.88 Å². The quantitative estimate of drug-likeness (QED) is 0.717. The predicted octanol–water partition coefficient (Wildman–Crippen LogP) is 4.20. The number of aryl methyl sites for hydroxylation is 1. The van der Waals surface area contributed by atoms with Gasteiger partial charge in [0.25, 0.3) is 5.91 Å². The minimum Gasteiger partial charge on any atom is -0.481 e. The fraction of sp³-hybridized carbons (Fsp3) is 0.158. The topological polar surface area (TPSA) is 64.4 Å². The molecular formula is C19H16F2N2O3. The van der Waals surface area contributed by atoms with E-state index in [9.17, 15) is 13.6 Å². The molecule has 3 aromatic rings. The molecule has 0 fully saturated rings. The zero-order valence-electron chi connectivity index (χ0n) is 14.0. The second-order valence-electron chi connectivity index (χ2n) is 5.54. The number of aromatic nitrogens is 1. The Kier molecular flexibility index (Phi) is 5.26. The van der Waals surface area contributed by atoms with Crippen LogP contribution in [0.25, 0.3) is 11.3 Å². The Hall–Kier alpha value is -3.22. The standard InChI is InChI=1S/C19H16F2N2O3/c1-2-12-3-5-13(6-4-12)16-10-19(26-23-16)22-18(24)11-25-17-8-7-14(20)9-15(17)21/h3-10H,2,11H2,1H3,(H,22,24). The molecule has 0 radical (unpaired) electrons. The van der Waals surface area contributed by atoms with Crippen LogP contribution in [-0.2, 0) is 11.2 Å². The Bertz CT molecular complexity index is 907. The molecule has 0 spiro atoms. The number of hydrogen-bond donors (Lipinski definition) is 1. The first-order valence-corrected chi connectivity index (χ1v) is 7.99. The number of amides is 1. The number of carbonyl (C=O) groups is 1. The van der Waals surface area contributed by atoms with Gasteiger partial charge in [-0.15, -0.1) is 0 Å². The van der Waals surface area contributed by atoms with Crippen molar-refractivity contribution in [3.8, 4) is 17.0 Å². The van der Waals surface area contributed by atoms with E-state index in [2.05, 4.69) is 17.4 Å². The molecule has 1 heterocycles. The van der Waals surface area contributed by atoms with Crippen LogP contribution in [0.5, 0.6) is 5.75 Å². The Morgan fingerprint density at radius 3 is 2.62 bits per heavy atom. The van der Waals surface area contributed by atoms with Crippen molar-refractivity contribution in [3.05, 3.63) is 65.7 Å². The number of rotatable bonds is 6. The molecule has 1 amide bonds. The maximum atomic E-state index is 13.4. The predicted molar refractivity (Wildman–Crippen MR) is 91.8 cm³/mol. The second-order valence-corrected chi connectivity index (χ2v) is 5.54. The lowest BCUT2D eigenvalue weighted by atomic mass is 10.1. The summed E-state index contributed by atoms with van der Waals surface area (Å²) in [6, 6.07) is 12.2. The van der Waals surface area contributed by atoms with E-state index in [0.29, 0.717) is 11.8 Å². The van der Waals surface area contributed by atoms with Crippen LogP contribution in [0.3, 0.4) is 0 Å².